The van der Waals surface area contributed by atoms with Crippen LogP contribution in [0.25, 0.3) is 0 Å². The lowest BCUT2D eigenvalue weighted by Crippen LogP contribution is -2.08. The molecule has 0 aliphatic heterocycles. The van der Waals surface area contributed by atoms with Crippen molar-refractivity contribution < 1.29 is 13.6 Å². The molecule has 82 valence electrons. The summed E-state index contributed by atoms with van der Waals surface area (Å²) in [5, 5.41) is 0.0475. The van der Waals surface area contributed by atoms with Gasteiger partial charge in [0.05, 0.1) is 5.02 Å². The highest BCUT2D eigenvalue weighted by Crippen LogP contribution is 2.25. The van der Waals surface area contributed by atoms with Gasteiger partial charge >= 0.3 is 0 Å². The summed E-state index contributed by atoms with van der Waals surface area (Å²) >= 11 is 5.71. The smallest absolute Gasteiger partial charge is 0.263 e. The SMILES string of the molecule is NCCC(=O)c1ccc(C(F)F)cc1Cl. The fraction of sp³-hybridized carbons (Fsp3) is 0.300. The van der Waals surface area contributed by atoms with Crippen LogP contribution >= 0.6 is 11.6 Å². The monoisotopic (exact) mass is 233 g/mol. The molecule has 1 aromatic carbocycles. The Kier molecular flexibility index (Phi) is 4.17. The van der Waals surface area contributed by atoms with Gasteiger partial charge in [0.2, 0.25) is 0 Å². The molecule has 0 heterocycles. The molecule has 0 radical (unpaired) electrons. The lowest BCUT2D eigenvalue weighted by Gasteiger charge is -2.05. The number of carbonyl (C=O) groups is 1. The lowest BCUT2D eigenvalue weighted by atomic mass is 10.1. The lowest BCUT2D eigenvalue weighted by molar-refractivity contribution is 0.0985. The van der Waals surface area contributed by atoms with E-state index < -0.39 is 6.43 Å². The van der Waals surface area contributed by atoms with Gasteiger partial charge in [-0.2, -0.15) is 0 Å². The molecule has 1 aromatic rings. The molecular weight excluding hydrogens is 224 g/mol. The summed E-state index contributed by atoms with van der Waals surface area (Å²) in [6, 6.07) is 3.61. The number of halogens is 3. The summed E-state index contributed by atoms with van der Waals surface area (Å²) in [7, 11) is 0. The van der Waals surface area contributed by atoms with Crippen molar-refractivity contribution in [3.63, 3.8) is 0 Å². The van der Waals surface area contributed by atoms with Crippen molar-refractivity contribution in [3.8, 4) is 0 Å². The molecule has 0 fully saturated rings. The maximum absolute atomic E-state index is 12.3. The van der Waals surface area contributed by atoms with Crippen LogP contribution < -0.4 is 5.73 Å². The Morgan fingerprint density at radius 2 is 2.13 bits per heavy atom. The summed E-state index contributed by atoms with van der Waals surface area (Å²) in [5.74, 6) is -0.233. The van der Waals surface area contributed by atoms with E-state index in [2.05, 4.69) is 0 Å². The molecule has 0 aliphatic rings. The maximum Gasteiger partial charge on any atom is 0.263 e. The molecule has 2 N–H and O–H groups in total. The van der Waals surface area contributed by atoms with E-state index >= 15 is 0 Å². The minimum atomic E-state index is -2.58. The van der Waals surface area contributed by atoms with Crippen LogP contribution in [0.4, 0.5) is 8.78 Å². The maximum atomic E-state index is 12.3. The van der Waals surface area contributed by atoms with Crippen LogP contribution in [0.1, 0.15) is 28.8 Å². The molecule has 2 nitrogen and oxygen atoms in total. The highest BCUT2D eigenvalue weighted by molar-refractivity contribution is 6.34. The second-order valence-electron chi connectivity index (χ2n) is 3.00. The van der Waals surface area contributed by atoms with Crippen LogP contribution in [0.5, 0.6) is 0 Å². The van der Waals surface area contributed by atoms with E-state index in [-0.39, 0.29) is 34.9 Å². The van der Waals surface area contributed by atoms with Crippen molar-refractivity contribution in [1.29, 1.82) is 0 Å². The quantitative estimate of drug-likeness (QED) is 0.813. The summed E-state index contributed by atoms with van der Waals surface area (Å²) in [6.07, 6.45) is -2.42. The number of alkyl halides is 2. The molecule has 0 unspecified atom stereocenters. The second kappa shape index (κ2) is 5.19. The molecule has 0 saturated heterocycles. The number of benzene rings is 1. The Balaban J connectivity index is 2.98. The van der Waals surface area contributed by atoms with Crippen molar-refractivity contribution in [3.05, 3.63) is 34.3 Å². The predicted molar refractivity (Wildman–Crippen MR) is 54.4 cm³/mol. The number of ketones is 1. The Hall–Kier alpha value is -1.00. The molecule has 0 saturated carbocycles. The van der Waals surface area contributed by atoms with Gasteiger partial charge in [-0.3, -0.25) is 4.79 Å². The van der Waals surface area contributed by atoms with Crippen LogP contribution in [0.15, 0.2) is 18.2 Å². The van der Waals surface area contributed by atoms with Crippen LogP contribution in [-0.2, 0) is 0 Å². The number of nitrogens with two attached hydrogens (primary N) is 1. The van der Waals surface area contributed by atoms with Crippen molar-refractivity contribution in [1.82, 2.24) is 0 Å². The van der Waals surface area contributed by atoms with Crippen molar-refractivity contribution in [2.75, 3.05) is 6.54 Å². The van der Waals surface area contributed by atoms with Crippen LogP contribution in [0.3, 0.4) is 0 Å². The molecule has 0 atom stereocenters. The Morgan fingerprint density at radius 3 is 2.60 bits per heavy atom. The molecular formula is C10H10ClF2NO. The van der Waals surface area contributed by atoms with Gasteiger partial charge in [0.1, 0.15) is 0 Å². The fourth-order valence-electron chi connectivity index (χ4n) is 1.16. The Morgan fingerprint density at radius 1 is 1.47 bits per heavy atom. The molecule has 0 bridgehead atoms. The third-order valence-corrected chi connectivity index (χ3v) is 2.23. The van der Waals surface area contributed by atoms with E-state index in [1.54, 1.807) is 0 Å². The number of Topliss-reactive ketones (excluding diaryl/α,β-unsaturated/α-hetero) is 1. The fourth-order valence-corrected chi connectivity index (χ4v) is 1.45. The predicted octanol–water partition coefficient (Wildman–Crippen LogP) is 2.81. The summed E-state index contributed by atoms with van der Waals surface area (Å²) in [4.78, 5) is 11.4. The van der Waals surface area contributed by atoms with Gasteiger partial charge in [-0.25, -0.2) is 8.78 Å². The van der Waals surface area contributed by atoms with E-state index in [9.17, 15) is 13.6 Å². The topological polar surface area (TPSA) is 43.1 Å². The highest BCUT2D eigenvalue weighted by Gasteiger charge is 2.13. The first-order valence-corrected chi connectivity index (χ1v) is 4.75. The molecule has 0 spiro atoms. The molecule has 5 heteroatoms. The molecule has 15 heavy (non-hydrogen) atoms. The van der Waals surface area contributed by atoms with E-state index in [4.69, 9.17) is 17.3 Å². The van der Waals surface area contributed by atoms with Gasteiger partial charge in [0, 0.05) is 17.5 Å². The van der Waals surface area contributed by atoms with Crippen molar-refractivity contribution in [2.24, 2.45) is 5.73 Å². The zero-order valence-electron chi connectivity index (χ0n) is 7.84. The summed E-state index contributed by atoms with van der Waals surface area (Å²) < 4.78 is 24.5. The average Bonchev–Trinajstić information content (AvgIpc) is 2.17. The normalized spacial score (nSPS) is 10.7. The van der Waals surface area contributed by atoms with Gasteiger partial charge in [-0.1, -0.05) is 17.7 Å². The Bertz CT molecular complexity index is 368. The number of hydrogen-bond acceptors (Lipinski definition) is 2. The largest absolute Gasteiger partial charge is 0.330 e. The number of rotatable bonds is 4. The summed E-state index contributed by atoms with van der Waals surface area (Å²) in [5.41, 5.74) is 5.26. The first kappa shape index (κ1) is 12.1. The van der Waals surface area contributed by atoms with Gasteiger partial charge < -0.3 is 5.73 Å². The first-order valence-electron chi connectivity index (χ1n) is 4.37. The minimum absolute atomic E-state index is 0.0475. The second-order valence-corrected chi connectivity index (χ2v) is 3.41. The standard InChI is InChI=1S/C10H10ClF2NO/c11-8-5-6(10(12)13)1-2-7(8)9(15)3-4-14/h1-2,5,10H,3-4,14H2. The first-order chi connectivity index (χ1) is 7.06. The molecule has 0 aliphatic carbocycles. The van der Waals surface area contributed by atoms with Gasteiger partial charge in [-0.15, -0.1) is 0 Å². The minimum Gasteiger partial charge on any atom is -0.330 e. The van der Waals surface area contributed by atoms with Crippen molar-refractivity contribution >= 4 is 17.4 Å². The number of carbonyl (C=O) groups excluding carboxylic acids is 1. The number of hydrogen-bond donors (Lipinski definition) is 1. The zero-order chi connectivity index (χ0) is 11.4. The van der Waals surface area contributed by atoms with Crippen LogP contribution in [0, 0.1) is 0 Å². The van der Waals surface area contributed by atoms with Crippen LogP contribution in [0.2, 0.25) is 5.02 Å². The zero-order valence-corrected chi connectivity index (χ0v) is 8.60. The van der Waals surface area contributed by atoms with E-state index in [1.807, 2.05) is 0 Å². The molecule has 0 amide bonds. The Labute approximate surface area is 91.0 Å². The third kappa shape index (κ3) is 2.97. The van der Waals surface area contributed by atoms with E-state index in [1.165, 1.54) is 12.1 Å². The highest BCUT2D eigenvalue weighted by atomic mass is 35.5. The van der Waals surface area contributed by atoms with Gasteiger partial charge in [-0.05, 0) is 18.7 Å². The van der Waals surface area contributed by atoms with Crippen molar-refractivity contribution in [2.45, 2.75) is 12.8 Å². The summed E-state index contributed by atoms with van der Waals surface area (Å²) in [6.45, 7) is 0.214. The van der Waals surface area contributed by atoms with E-state index in [0.29, 0.717) is 0 Å². The third-order valence-electron chi connectivity index (χ3n) is 1.92. The molecule has 1 rings (SSSR count). The van der Waals surface area contributed by atoms with E-state index in [0.717, 1.165) is 6.07 Å². The average molecular weight is 234 g/mol. The van der Waals surface area contributed by atoms with Gasteiger partial charge in [0.15, 0.2) is 5.78 Å². The molecule has 0 aromatic heterocycles. The van der Waals surface area contributed by atoms with Crippen LogP contribution in [-0.4, -0.2) is 12.3 Å². The van der Waals surface area contributed by atoms with Gasteiger partial charge in [0.25, 0.3) is 6.43 Å².